The quantitative estimate of drug-likeness (QED) is 0.181. The summed E-state index contributed by atoms with van der Waals surface area (Å²) >= 11 is 1.78. The van der Waals surface area contributed by atoms with Gasteiger partial charge in [0.15, 0.2) is 5.96 Å². The van der Waals surface area contributed by atoms with Crippen LogP contribution in [-0.2, 0) is 17.8 Å². The van der Waals surface area contributed by atoms with Gasteiger partial charge in [0.25, 0.3) is 0 Å². The SMILES string of the molecule is CCNC(=NCC1CCN(Cc2csc(CC)n2)CC1)NCCNC(=O)C1CC1.I. The lowest BCUT2D eigenvalue weighted by molar-refractivity contribution is -0.122. The van der Waals surface area contributed by atoms with Gasteiger partial charge in [0.2, 0.25) is 5.91 Å². The number of aliphatic imine (C=N–C) groups is 1. The second kappa shape index (κ2) is 13.5. The van der Waals surface area contributed by atoms with E-state index in [9.17, 15) is 4.79 Å². The number of hydrogen-bond acceptors (Lipinski definition) is 5. The van der Waals surface area contributed by atoms with Crippen molar-refractivity contribution >= 4 is 47.2 Å². The normalized spacial score (nSPS) is 18.0. The third-order valence-electron chi connectivity index (χ3n) is 5.51. The molecule has 7 nitrogen and oxygen atoms in total. The van der Waals surface area contributed by atoms with Crippen molar-refractivity contribution in [3.8, 4) is 0 Å². The zero-order valence-electron chi connectivity index (χ0n) is 18.3. The fourth-order valence-corrected chi connectivity index (χ4v) is 4.29. The van der Waals surface area contributed by atoms with Crippen molar-refractivity contribution in [3.63, 3.8) is 0 Å². The molecule has 3 rings (SSSR count). The highest BCUT2D eigenvalue weighted by Gasteiger charge is 2.29. The average molecular weight is 549 g/mol. The van der Waals surface area contributed by atoms with Gasteiger partial charge in [-0.15, -0.1) is 35.3 Å². The Bertz CT molecular complexity index is 670. The first kappa shape index (κ1) is 25.3. The van der Waals surface area contributed by atoms with Gasteiger partial charge in [0.05, 0.1) is 10.7 Å². The number of amides is 1. The number of nitrogens with one attached hydrogen (secondary N) is 3. The first-order chi connectivity index (χ1) is 14.2. The predicted molar refractivity (Wildman–Crippen MR) is 135 cm³/mol. The Kier molecular flexibility index (Phi) is 11.4. The maximum absolute atomic E-state index is 11.7. The molecule has 1 saturated carbocycles. The van der Waals surface area contributed by atoms with Crippen LogP contribution in [0.1, 0.15) is 50.2 Å². The molecule has 1 aromatic rings. The predicted octanol–water partition coefficient (Wildman–Crippen LogP) is 2.62. The van der Waals surface area contributed by atoms with Crippen LogP contribution in [0.5, 0.6) is 0 Å². The minimum atomic E-state index is 0. The molecule has 0 unspecified atom stereocenters. The largest absolute Gasteiger partial charge is 0.357 e. The summed E-state index contributed by atoms with van der Waals surface area (Å²) < 4.78 is 0. The van der Waals surface area contributed by atoms with Crippen LogP contribution in [0.2, 0.25) is 0 Å². The molecular formula is C21H37IN6OS. The summed E-state index contributed by atoms with van der Waals surface area (Å²) in [6, 6.07) is 0. The summed E-state index contributed by atoms with van der Waals surface area (Å²) in [5.41, 5.74) is 1.22. The van der Waals surface area contributed by atoms with Crippen molar-refractivity contribution < 1.29 is 4.79 Å². The van der Waals surface area contributed by atoms with E-state index in [1.807, 2.05) is 0 Å². The van der Waals surface area contributed by atoms with Gasteiger partial charge in [-0.2, -0.15) is 0 Å². The minimum absolute atomic E-state index is 0. The Morgan fingerprint density at radius 3 is 2.53 bits per heavy atom. The topological polar surface area (TPSA) is 81.7 Å². The van der Waals surface area contributed by atoms with Crippen molar-refractivity contribution in [2.24, 2.45) is 16.8 Å². The fourth-order valence-electron chi connectivity index (χ4n) is 3.56. The summed E-state index contributed by atoms with van der Waals surface area (Å²) in [6.45, 7) is 10.5. The van der Waals surface area contributed by atoms with E-state index in [1.54, 1.807) is 11.3 Å². The Morgan fingerprint density at radius 1 is 1.17 bits per heavy atom. The number of halogens is 1. The molecule has 0 bridgehead atoms. The maximum atomic E-state index is 11.7. The number of nitrogens with zero attached hydrogens (tertiary/aromatic N) is 3. The van der Waals surface area contributed by atoms with E-state index in [2.05, 4.69) is 40.1 Å². The Balaban J connectivity index is 0.00000320. The molecule has 170 valence electrons. The Hall–Kier alpha value is -0.940. The van der Waals surface area contributed by atoms with Crippen LogP contribution in [0.4, 0.5) is 0 Å². The smallest absolute Gasteiger partial charge is 0.223 e. The first-order valence-electron chi connectivity index (χ1n) is 11.1. The molecule has 1 saturated heterocycles. The van der Waals surface area contributed by atoms with Crippen LogP contribution >= 0.6 is 35.3 Å². The number of aryl methyl sites for hydroxylation is 1. The molecule has 0 radical (unpaired) electrons. The second-order valence-corrected chi connectivity index (χ2v) is 8.96. The van der Waals surface area contributed by atoms with Gasteiger partial charge in [-0.3, -0.25) is 14.7 Å². The summed E-state index contributed by atoms with van der Waals surface area (Å²) in [6.07, 6.45) is 5.49. The van der Waals surface area contributed by atoms with Crippen molar-refractivity contribution in [2.75, 3.05) is 39.3 Å². The van der Waals surface area contributed by atoms with Crippen molar-refractivity contribution in [1.82, 2.24) is 25.8 Å². The number of piperidine rings is 1. The lowest BCUT2D eigenvalue weighted by Gasteiger charge is -2.30. The maximum Gasteiger partial charge on any atom is 0.223 e. The lowest BCUT2D eigenvalue weighted by Crippen LogP contribution is -2.42. The molecule has 2 heterocycles. The highest BCUT2D eigenvalue weighted by molar-refractivity contribution is 14.0. The molecule has 2 fully saturated rings. The number of hydrogen-bond donors (Lipinski definition) is 3. The van der Waals surface area contributed by atoms with Gasteiger partial charge in [-0.1, -0.05) is 6.92 Å². The summed E-state index contributed by atoms with van der Waals surface area (Å²) in [7, 11) is 0. The number of aromatic nitrogens is 1. The van der Waals surface area contributed by atoms with Gasteiger partial charge in [0.1, 0.15) is 0 Å². The van der Waals surface area contributed by atoms with Crippen molar-refractivity contribution in [2.45, 2.75) is 52.5 Å². The average Bonchev–Trinajstić information content (AvgIpc) is 3.50. The number of carbonyl (C=O) groups is 1. The summed E-state index contributed by atoms with van der Waals surface area (Å²) in [4.78, 5) is 23.7. The van der Waals surface area contributed by atoms with Crippen LogP contribution < -0.4 is 16.0 Å². The Labute approximate surface area is 201 Å². The molecule has 1 amide bonds. The molecule has 0 atom stereocenters. The van der Waals surface area contributed by atoms with Crippen LogP contribution in [0.15, 0.2) is 10.4 Å². The van der Waals surface area contributed by atoms with E-state index in [-0.39, 0.29) is 35.8 Å². The van der Waals surface area contributed by atoms with Gasteiger partial charge in [-0.05, 0) is 58.0 Å². The summed E-state index contributed by atoms with van der Waals surface area (Å²) in [5.74, 6) is 1.96. The molecule has 1 aromatic heterocycles. The van der Waals surface area contributed by atoms with E-state index in [4.69, 9.17) is 9.98 Å². The number of carbonyl (C=O) groups excluding carboxylic acids is 1. The van der Waals surface area contributed by atoms with Crippen LogP contribution in [0, 0.1) is 11.8 Å². The third-order valence-corrected chi connectivity index (χ3v) is 6.55. The van der Waals surface area contributed by atoms with Crippen LogP contribution in [0.25, 0.3) is 0 Å². The van der Waals surface area contributed by atoms with Gasteiger partial charge in [0, 0.05) is 44.0 Å². The number of likely N-dealkylation sites (tertiary alicyclic amines) is 1. The third kappa shape index (κ3) is 8.66. The van der Waals surface area contributed by atoms with Gasteiger partial charge in [-0.25, -0.2) is 4.98 Å². The molecule has 1 aliphatic heterocycles. The highest BCUT2D eigenvalue weighted by Crippen LogP contribution is 2.28. The van der Waals surface area contributed by atoms with Crippen LogP contribution in [0.3, 0.4) is 0 Å². The van der Waals surface area contributed by atoms with E-state index in [0.29, 0.717) is 19.0 Å². The molecule has 0 spiro atoms. The van der Waals surface area contributed by atoms with E-state index < -0.39 is 0 Å². The highest BCUT2D eigenvalue weighted by atomic mass is 127. The minimum Gasteiger partial charge on any atom is -0.357 e. The van der Waals surface area contributed by atoms with Gasteiger partial charge < -0.3 is 16.0 Å². The lowest BCUT2D eigenvalue weighted by atomic mass is 9.97. The Morgan fingerprint density at radius 2 is 1.90 bits per heavy atom. The molecular weight excluding hydrogens is 511 g/mol. The molecule has 30 heavy (non-hydrogen) atoms. The molecule has 2 aliphatic rings. The summed E-state index contributed by atoms with van der Waals surface area (Å²) in [5, 5.41) is 13.1. The molecule has 3 N–H and O–H groups in total. The molecule has 0 aromatic carbocycles. The first-order valence-corrected chi connectivity index (χ1v) is 12.0. The molecule has 9 heteroatoms. The van der Waals surface area contributed by atoms with E-state index >= 15 is 0 Å². The molecule has 1 aliphatic carbocycles. The zero-order valence-corrected chi connectivity index (χ0v) is 21.4. The number of guanidine groups is 1. The second-order valence-electron chi connectivity index (χ2n) is 8.02. The van der Waals surface area contributed by atoms with E-state index in [0.717, 1.165) is 57.9 Å². The van der Waals surface area contributed by atoms with Crippen LogP contribution in [-0.4, -0.2) is 61.0 Å². The van der Waals surface area contributed by atoms with Crippen molar-refractivity contribution in [3.05, 3.63) is 16.1 Å². The van der Waals surface area contributed by atoms with Gasteiger partial charge >= 0.3 is 0 Å². The monoisotopic (exact) mass is 548 g/mol. The number of thiazole rings is 1. The standard InChI is InChI=1S/C21H36N6OS.HI/c1-3-19-26-18(15-29-19)14-27-11-7-16(8-12-27)13-25-21(22-4-2)24-10-9-23-20(28)17-5-6-17;/h15-17H,3-14H2,1-2H3,(H,23,28)(H2,22,24,25);1H. The van der Waals surface area contributed by atoms with E-state index in [1.165, 1.54) is 23.5 Å². The van der Waals surface area contributed by atoms with Crippen molar-refractivity contribution in [1.29, 1.82) is 0 Å². The number of rotatable bonds is 10. The fraction of sp³-hybridized carbons (Fsp3) is 0.762. The zero-order chi connectivity index (χ0) is 20.5.